The number of esters is 1. The number of aryl methyl sites for hydroxylation is 1. The highest BCUT2D eigenvalue weighted by Gasteiger charge is 2.63. The van der Waals surface area contributed by atoms with Crippen molar-refractivity contribution in [3.8, 4) is 17.5 Å². The number of carbonyl (C=O) groups excluding carboxylic acids is 4. The number of Topliss-reactive ketones (excluding diaryl/α,β-unsaturated/α-hetero) is 1. The monoisotopic (exact) mass is 885 g/mol. The molecule has 3 aliphatic heterocycles. The summed E-state index contributed by atoms with van der Waals surface area (Å²) in [6, 6.07) is 4.39. The number of alkyl halides is 2. The van der Waals surface area contributed by atoms with E-state index in [1.807, 2.05) is 31.2 Å². The van der Waals surface area contributed by atoms with Crippen molar-refractivity contribution in [2.75, 3.05) is 20.3 Å². The molecule has 1 aromatic heterocycles. The van der Waals surface area contributed by atoms with E-state index >= 15 is 4.79 Å². The highest BCUT2D eigenvalue weighted by Crippen LogP contribution is 2.58. The molecule has 2 saturated carbocycles. The van der Waals surface area contributed by atoms with Crippen LogP contribution < -0.4 is 18.9 Å². The third-order valence-electron chi connectivity index (χ3n) is 14.3. The number of hydrogen-bond donors (Lipinski definition) is 1. The number of ether oxygens (including phenoxy) is 4. The minimum Gasteiger partial charge on any atom is -0.497 e. The molecule has 0 unspecified atom stereocenters. The molecule has 7 atom stereocenters. The number of fused-ring (bicyclic) bond motifs is 5. The maximum atomic E-state index is 15.2. The van der Waals surface area contributed by atoms with Gasteiger partial charge in [-0.05, 0) is 113 Å². The standard InChI is InChI=1S/C46H61F2N3O10S/c1-8-28-20-27(2)12-9-10-13-29-24-46(29,42(55)50-62(56,57)44(5)17-18-44)25-37(52)36-22-31(26-51(36)41(54)34(28)23-38(53)61-43(3,4)45(6,47)48)60-40-33-16-15-30(58-7)21-35(33)32-14-11-19-59-39(32)49-40/h10,13,15-16,21,27-29,31,34,36H,8-9,11-12,14,17-20,22-26H2,1-7H3,(H,50,55)/b13-10-/t27-,28-,29-,31-,34+,36+,46-/m1/s1. The number of allylic oxidation sites excluding steroid dienone is 2. The molecular weight excluding hydrogens is 825 g/mol. The van der Waals surface area contributed by atoms with Gasteiger partial charge < -0.3 is 23.8 Å². The number of aromatic nitrogens is 1. The van der Waals surface area contributed by atoms with Crippen molar-refractivity contribution in [2.45, 2.75) is 147 Å². The third-order valence-corrected chi connectivity index (χ3v) is 16.4. The highest BCUT2D eigenvalue weighted by atomic mass is 32.2. The van der Waals surface area contributed by atoms with Gasteiger partial charge in [-0.2, -0.15) is 4.98 Å². The fraction of sp³-hybridized carbons (Fsp3) is 0.674. The zero-order chi connectivity index (χ0) is 45.0. The van der Waals surface area contributed by atoms with E-state index in [1.54, 1.807) is 20.1 Å². The van der Waals surface area contributed by atoms with Crippen LogP contribution in [0.4, 0.5) is 8.78 Å². The molecular formula is C46H61F2N3O10S. The van der Waals surface area contributed by atoms with Crippen molar-refractivity contribution in [2.24, 2.45) is 29.1 Å². The summed E-state index contributed by atoms with van der Waals surface area (Å²) in [6.07, 6.45) is 7.25. The molecule has 1 saturated heterocycles. The molecule has 0 bridgehead atoms. The topological polar surface area (TPSA) is 168 Å². The zero-order valence-corrected chi connectivity index (χ0v) is 37.7. The van der Waals surface area contributed by atoms with Gasteiger partial charge in [-0.25, -0.2) is 17.2 Å². The summed E-state index contributed by atoms with van der Waals surface area (Å²) in [7, 11) is -2.45. The summed E-state index contributed by atoms with van der Waals surface area (Å²) in [5.74, 6) is -6.50. The Kier molecular flexibility index (Phi) is 12.5. The molecule has 1 N–H and O–H groups in total. The van der Waals surface area contributed by atoms with Gasteiger partial charge >= 0.3 is 5.97 Å². The summed E-state index contributed by atoms with van der Waals surface area (Å²) < 4.78 is 80.6. The molecule has 0 radical (unpaired) electrons. The molecule has 1 aromatic carbocycles. The van der Waals surface area contributed by atoms with Crippen molar-refractivity contribution in [1.29, 1.82) is 0 Å². The van der Waals surface area contributed by atoms with Crippen LogP contribution in [0.5, 0.6) is 17.5 Å². The number of rotatable bonds is 11. The number of hydrogen-bond acceptors (Lipinski definition) is 11. The van der Waals surface area contributed by atoms with E-state index in [4.69, 9.17) is 23.9 Å². The molecule has 16 heteroatoms. The second-order valence-electron chi connectivity index (χ2n) is 19.2. The first-order valence-electron chi connectivity index (χ1n) is 22.1. The number of amides is 2. The maximum absolute atomic E-state index is 15.2. The van der Waals surface area contributed by atoms with Crippen LogP contribution in [0.3, 0.4) is 0 Å². The van der Waals surface area contributed by atoms with Crippen molar-refractivity contribution in [3.05, 3.63) is 35.9 Å². The Bertz CT molecular complexity index is 2240. The highest BCUT2D eigenvalue weighted by molar-refractivity contribution is 7.91. The number of sulfonamides is 1. The van der Waals surface area contributed by atoms with Crippen molar-refractivity contribution < 1.29 is 55.3 Å². The zero-order valence-electron chi connectivity index (χ0n) is 36.9. The number of halogens is 2. The Morgan fingerprint density at radius 3 is 2.53 bits per heavy atom. The largest absolute Gasteiger partial charge is 0.497 e. The van der Waals surface area contributed by atoms with Gasteiger partial charge in [0.1, 0.15) is 11.9 Å². The molecule has 62 heavy (non-hydrogen) atoms. The van der Waals surface area contributed by atoms with Gasteiger partial charge in [-0.3, -0.25) is 23.9 Å². The summed E-state index contributed by atoms with van der Waals surface area (Å²) in [5, 5.41) is 1.51. The third kappa shape index (κ3) is 9.04. The molecule has 7 rings (SSSR count). The van der Waals surface area contributed by atoms with Crippen LogP contribution in [-0.2, 0) is 40.4 Å². The molecule has 0 spiro atoms. The van der Waals surface area contributed by atoms with E-state index in [0.717, 1.165) is 37.6 Å². The van der Waals surface area contributed by atoms with E-state index in [9.17, 15) is 31.6 Å². The molecule has 4 heterocycles. The molecule has 13 nitrogen and oxygen atoms in total. The Labute approximate surface area is 363 Å². The van der Waals surface area contributed by atoms with E-state index in [0.29, 0.717) is 69.1 Å². The summed E-state index contributed by atoms with van der Waals surface area (Å²) in [4.78, 5) is 64.0. The SMILES string of the molecule is CC[C@@H]1C[C@H](C)CC/C=C\[C@@H]2C[C@@]2(C(=O)NS(=O)(=O)C2(C)CC2)CC(=O)[C@@H]2C[C@@H](Oc3nc4c(c5cc(OC)ccc35)CCCO4)CN2C(=O)[C@H]1CC(=O)OC(C)(C)C(C)(F)F. The van der Waals surface area contributed by atoms with Gasteiger partial charge in [-0.15, -0.1) is 0 Å². The summed E-state index contributed by atoms with van der Waals surface area (Å²) >= 11 is 0. The fourth-order valence-corrected chi connectivity index (χ4v) is 10.7. The second-order valence-corrected chi connectivity index (χ2v) is 21.4. The van der Waals surface area contributed by atoms with Crippen LogP contribution >= 0.6 is 0 Å². The number of nitrogens with zero attached hydrogens (tertiary/aromatic N) is 2. The number of benzene rings is 1. The Hall–Kier alpha value is -4.34. The van der Waals surface area contributed by atoms with Gasteiger partial charge in [0.2, 0.25) is 33.6 Å². The predicted octanol–water partition coefficient (Wildman–Crippen LogP) is 7.27. The fourth-order valence-electron chi connectivity index (χ4n) is 9.39. The van der Waals surface area contributed by atoms with Gasteiger partial charge in [0, 0.05) is 30.7 Å². The first-order valence-corrected chi connectivity index (χ1v) is 23.6. The van der Waals surface area contributed by atoms with Crippen LogP contribution in [-0.4, -0.2) is 90.5 Å². The number of nitrogens with one attached hydrogen (secondary N) is 1. The van der Waals surface area contributed by atoms with E-state index in [-0.39, 0.29) is 43.5 Å². The molecule has 2 aliphatic carbocycles. The summed E-state index contributed by atoms with van der Waals surface area (Å²) in [5.41, 5.74) is -2.60. The lowest BCUT2D eigenvalue weighted by molar-refractivity contribution is -0.197. The van der Waals surface area contributed by atoms with Crippen molar-refractivity contribution in [1.82, 2.24) is 14.6 Å². The molecule has 2 aromatic rings. The number of ketones is 1. The van der Waals surface area contributed by atoms with Gasteiger partial charge in [0.05, 0.1) is 48.8 Å². The van der Waals surface area contributed by atoms with Crippen molar-refractivity contribution >= 4 is 44.4 Å². The smallest absolute Gasteiger partial charge is 0.307 e. The normalized spacial score (nSPS) is 29.5. The number of methoxy groups -OCH3 is 1. The Morgan fingerprint density at radius 2 is 1.85 bits per heavy atom. The summed E-state index contributed by atoms with van der Waals surface area (Å²) in [6.45, 7) is 8.85. The Balaban J connectivity index is 1.26. The maximum Gasteiger partial charge on any atom is 0.307 e. The first-order chi connectivity index (χ1) is 29.1. The minimum absolute atomic E-state index is 0.00979. The van der Waals surface area contributed by atoms with Gasteiger partial charge in [0.25, 0.3) is 5.92 Å². The second kappa shape index (κ2) is 17.0. The lowest BCUT2D eigenvalue weighted by atomic mass is 9.79. The molecule has 340 valence electrons. The average Bonchev–Trinajstić information content (AvgIpc) is 4.09. The predicted molar refractivity (Wildman–Crippen MR) is 226 cm³/mol. The quantitative estimate of drug-likeness (QED) is 0.178. The van der Waals surface area contributed by atoms with Gasteiger partial charge in [-0.1, -0.05) is 32.4 Å². The molecule has 5 aliphatic rings. The average molecular weight is 886 g/mol. The lowest BCUT2D eigenvalue weighted by Crippen LogP contribution is -2.49. The first kappa shape index (κ1) is 45.7. The van der Waals surface area contributed by atoms with Crippen LogP contribution in [0.15, 0.2) is 30.4 Å². The van der Waals surface area contributed by atoms with E-state index in [1.165, 1.54) is 4.90 Å². The van der Waals surface area contributed by atoms with Crippen LogP contribution in [0, 0.1) is 29.1 Å². The van der Waals surface area contributed by atoms with Crippen LogP contribution in [0.2, 0.25) is 0 Å². The van der Waals surface area contributed by atoms with Gasteiger partial charge in [0.15, 0.2) is 11.4 Å². The van der Waals surface area contributed by atoms with Crippen molar-refractivity contribution in [3.63, 3.8) is 0 Å². The van der Waals surface area contributed by atoms with E-state index < -0.39 is 85.7 Å². The number of carbonyl (C=O) groups is 4. The number of pyridine rings is 1. The minimum atomic E-state index is -4.02. The van der Waals surface area contributed by atoms with E-state index in [2.05, 4.69) is 11.6 Å². The molecule has 3 fully saturated rings. The Morgan fingerprint density at radius 1 is 1.11 bits per heavy atom. The van der Waals surface area contributed by atoms with Crippen LogP contribution in [0.1, 0.15) is 118 Å². The van der Waals surface area contributed by atoms with Crippen LogP contribution in [0.25, 0.3) is 10.8 Å². The lowest BCUT2D eigenvalue weighted by Gasteiger charge is -2.35. The molecule has 2 amide bonds.